The Kier molecular flexibility index (Phi) is 5.65. The highest BCUT2D eigenvalue weighted by Crippen LogP contribution is 2.13. The van der Waals surface area contributed by atoms with Gasteiger partial charge in [0, 0.05) is 18.5 Å². The van der Waals surface area contributed by atoms with Crippen molar-refractivity contribution < 1.29 is 14.4 Å². The normalized spacial score (nSPS) is 20.4. The topological polar surface area (TPSA) is 53.5 Å². The molecule has 1 aromatic carbocycles. The quantitative estimate of drug-likeness (QED) is 0.648. The van der Waals surface area contributed by atoms with E-state index in [4.69, 9.17) is 17.0 Å². The minimum absolute atomic E-state index is 0.0419. The molecule has 2 heterocycles. The van der Waals surface area contributed by atoms with Crippen LogP contribution in [0, 0.1) is 17.6 Å². The number of hydrogen-bond donors (Lipinski definition) is 1. The summed E-state index contributed by atoms with van der Waals surface area (Å²) in [4.78, 5) is 13.3. The number of aryl methyl sites for hydroxylation is 1. The van der Waals surface area contributed by atoms with Crippen LogP contribution in [0.2, 0.25) is 0 Å². The Labute approximate surface area is 153 Å². The number of benzene rings is 1. The minimum Gasteiger partial charge on any atom is -0.466 e. The minimum atomic E-state index is -0.0534. The molecule has 0 aliphatic carbocycles. The van der Waals surface area contributed by atoms with Crippen LogP contribution in [0.3, 0.4) is 0 Å². The number of hydrogen-bond acceptors (Lipinski definition) is 4. The van der Waals surface area contributed by atoms with E-state index >= 15 is 0 Å². The number of aromatic nitrogens is 3. The third kappa shape index (κ3) is 3.99. The number of quaternary nitrogens is 1. The number of para-hydroxylation sites is 1. The molecule has 0 saturated carbocycles. The van der Waals surface area contributed by atoms with Crippen molar-refractivity contribution in [3.05, 3.63) is 40.9 Å². The number of ether oxygens (including phenoxy) is 1. The summed E-state index contributed by atoms with van der Waals surface area (Å²) in [5.74, 6) is 0.875. The van der Waals surface area contributed by atoms with E-state index in [2.05, 4.69) is 5.10 Å². The number of piperidine rings is 1. The third-order valence-corrected chi connectivity index (χ3v) is 5.09. The highest BCUT2D eigenvalue weighted by atomic mass is 32.1. The van der Waals surface area contributed by atoms with Crippen LogP contribution in [0.25, 0.3) is 5.69 Å². The van der Waals surface area contributed by atoms with Crippen molar-refractivity contribution in [2.24, 2.45) is 5.92 Å². The first-order valence-corrected chi connectivity index (χ1v) is 9.23. The van der Waals surface area contributed by atoms with Gasteiger partial charge in [0.05, 0.1) is 25.6 Å². The van der Waals surface area contributed by atoms with Gasteiger partial charge >= 0.3 is 5.97 Å². The number of esters is 1. The molecular formula is C18H25N4O2S+. The molecule has 1 aromatic heterocycles. The SMILES string of the molecule is CCOC(=O)C1CC[NH+](Cn2nc(C)n(-c3ccccc3)c2=S)CC1. The van der Waals surface area contributed by atoms with Crippen molar-refractivity contribution in [2.75, 3.05) is 19.7 Å². The van der Waals surface area contributed by atoms with Crippen LogP contribution < -0.4 is 4.90 Å². The van der Waals surface area contributed by atoms with Crippen LogP contribution in [0.5, 0.6) is 0 Å². The fraction of sp³-hybridized carbons (Fsp3) is 0.500. The zero-order valence-electron chi connectivity index (χ0n) is 14.8. The van der Waals surface area contributed by atoms with Gasteiger partial charge in [-0.25, -0.2) is 0 Å². The van der Waals surface area contributed by atoms with E-state index in [1.165, 1.54) is 4.90 Å². The predicted octanol–water partition coefficient (Wildman–Crippen LogP) is 1.53. The molecule has 0 atom stereocenters. The molecule has 7 heteroatoms. The lowest BCUT2D eigenvalue weighted by Gasteiger charge is -2.27. The van der Waals surface area contributed by atoms with E-state index < -0.39 is 0 Å². The average molecular weight is 361 g/mol. The molecule has 0 bridgehead atoms. The zero-order chi connectivity index (χ0) is 17.8. The molecule has 3 rings (SSSR count). The standard InChI is InChI=1S/C18H24N4O2S/c1-3-24-17(23)15-9-11-20(12-10-15)13-21-18(25)22(14(2)19-21)16-7-5-4-6-8-16/h4-8,15H,3,9-13H2,1-2H3/p+1. The van der Waals surface area contributed by atoms with Crippen LogP contribution in [0.1, 0.15) is 25.6 Å². The van der Waals surface area contributed by atoms with Crippen molar-refractivity contribution in [1.29, 1.82) is 0 Å². The Morgan fingerprint density at radius 3 is 2.64 bits per heavy atom. The molecule has 0 spiro atoms. The molecule has 2 aromatic rings. The molecule has 6 nitrogen and oxygen atoms in total. The van der Waals surface area contributed by atoms with Crippen molar-refractivity contribution in [1.82, 2.24) is 14.3 Å². The fourth-order valence-electron chi connectivity index (χ4n) is 3.39. The highest BCUT2D eigenvalue weighted by Gasteiger charge is 2.28. The molecule has 134 valence electrons. The summed E-state index contributed by atoms with van der Waals surface area (Å²) in [6.07, 6.45) is 1.72. The lowest BCUT2D eigenvalue weighted by Crippen LogP contribution is -3.12. The lowest BCUT2D eigenvalue weighted by atomic mass is 9.97. The number of nitrogens with one attached hydrogen (secondary N) is 1. The summed E-state index contributed by atoms with van der Waals surface area (Å²) in [6.45, 7) is 6.88. The Morgan fingerprint density at radius 2 is 2.00 bits per heavy atom. The van der Waals surface area contributed by atoms with Gasteiger partial charge in [-0.2, -0.15) is 9.78 Å². The number of carbonyl (C=O) groups is 1. The molecule has 1 aliphatic heterocycles. The van der Waals surface area contributed by atoms with Gasteiger partial charge in [0.2, 0.25) is 4.77 Å². The van der Waals surface area contributed by atoms with Gasteiger partial charge < -0.3 is 9.64 Å². The Morgan fingerprint density at radius 1 is 1.32 bits per heavy atom. The number of rotatable bonds is 5. The van der Waals surface area contributed by atoms with E-state index in [1.807, 2.05) is 53.4 Å². The van der Waals surface area contributed by atoms with Gasteiger partial charge in [-0.15, -0.1) is 0 Å². The fourth-order valence-corrected chi connectivity index (χ4v) is 3.73. The zero-order valence-corrected chi connectivity index (χ0v) is 15.6. The maximum absolute atomic E-state index is 11.9. The largest absolute Gasteiger partial charge is 0.466 e. The second-order valence-electron chi connectivity index (χ2n) is 6.43. The van der Waals surface area contributed by atoms with E-state index in [9.17, 15) is 4.79 Å². The van der Waals surface area contributed by atoms with Crippen LogP contribution in [0.4, 0.5) is 0 Å². The van der Waals surface area contributed by atoms with Crippen LogP contribution in [0.15, 0.2) is 30.3 Å². The monoisotopic (exact) mass is 361 g/mol. The van der Waals surface area contributed by atoms with E-state index in [0.717, 1.165) is 44.1 Å². The summed E-state index contributed by atoms with van der Waals surface area (Å²) in [5, 5.41) is 4.63. The molecule has 0 radical (unpaired) electrons. The van der Waals surface area contributed by atoms with E-state index in [0.29, 0.717) is 11.4 Å². The first-order chi connectivity index (χ1) is 12.1. The molecule has 25 heavy (non-hydrogen) atoms. The molecule has 1 N–H and O–H groups in total. The highest BCUT2D eigenvalue weighted by molar-refractivity contribution is 7.71. The molecule has 1 fully saturated rings. The molecular weight excluding hydrogens is 336 g/mol. The summed E-state index contributed by atoms with van der Waals surface area (Å²) >= 11 is 5.64. The second-order valence-corrected chi connectivity index (χ2v) is 6.80. The number of nitrogens with zero attached hydrogens (tertiary/aromatic N) is 3. The lowest BCUT2D eigenvalue weighted by molar-refractivity contribution is -0.929. The van der Waals surface area contributed by atoms with Crippen molar-refractivity contribution in [3.63, 3.8) is 0 Å². The van der Waals surface area contributed by atoms with Crippen LogP contribution in [-0.4, -0.2) is 40.0 Å². The average Bonchev–Trinajstić information content (AvgIpc) is 2.90. The van der Waals surface area contributed by atoms with E-state index in [1.54, 1.807) is 0 Å². The van der Waals surface area contributed by atoms with Gasteiger partial charge in [-0.05, 0) is 38.2 Å². The number of likely N-dealkylation sites (tertiary alicyclic amines) is 1. The van der Waals surface area contributed by atoms with Crippen LogP contribution in [-0.2, 0) is 16.2 Å². The maximum atomic E-state index is 11.9. The van der Waals surface area contributed by atoms with E-state index in [-0.39, 0.29) is 11.9 Å². The van der Waals surface area contributed by atoms with Crippen molar-refractivity contribution in [3.8, 4) is 5.69 Å². The number of carbonyl (C=O) groups excluding carboxylic acids is 1. The first-order valence-electron chi connectivity index (χ1n) is 8.82. The first kappa shape index (κ1) is 17.8. The molecule has 1 aliphatic rings. The maximum Gasteiger partial charge on any atom is 0.309 e. The second kappa shape index (κ2) is 7.93. The summed E-state index contributed by atoms with van der Waals surface area (Å²) in [6, 6.07) is 10.1. The van der Waals surface area contributed by atoms with Crippen LogP contribution >= 0.6 is 12.2 Å². The molecule has 0 amide bonds. The predicted molar refractivity (Wildman–Crippen MR) is 97.2 cm³/mol. The molecule has 1 saturated heterocycles. The smallest absolute Gasteiger partial charge is 0.309 e. The van der Waals surface area contributed by atoms with Gasteiger partial charge in [0.15, 0.2) is 6.67 Å². The third-order valence-electron chi connectivity index (χ3n) is 4.70. The van der Waals surface area contributed by atoms with Gasteiger partial charge in [0.25, 0.3) is 0 Å². The summed E-state index contributed by atoms with van der Waals surface area (Å²) in [5.41, 5.74) is 1.03. The Hall–Kier alpha value is -1.99. The van der Waals surface area contributed by atoms with Crippen molar-refractivity contribution >= 4 is 18.2 Å². The van der Waals surface area contributed by atoms with Gasteiger partial charge in [-0.1, -0.05) is 18.2 Å². The van der Waals surface area contributed by atoms with Gasteiger partial charge in [-0.3, -0.25) is 9.36 Å². The van der Waals surface area contributed by atoms with Crippen molar-refractivity contribution in [2.45, 2.75) is 33.4 Å². The summed E-state index contributed by atoms with van der Waals surface area (Å²) < 4.78 is 9.75. The Balaban J connectivity index is 1.67. The Bertz CT molecular complexity index is 776. The van der Waals surface area contributed by atoms with Gasteiger partial charge in [0.1, 0.15) is 5.82 Å². The molecule has 0 unspecified atom stereocenters. The summed E-state index contributed by atoms with van der Waals surface area (Å²) in [7, 11) is 0.